The van der Waals surface area contributed by atoms with E-state index >= 15 is 0 Å². The molecule has 0 aliphatic rings. The first-order chi connectivity index (χ1) is 10.7. The Labute approximate surface area is 149 Å². The number of carbonyl (C=O) groups excluding carboxylic acids is 1. The Morgan fingerprint density at radius 3 is 1.61 bits per heavy atom. The summed E-state index contributed by atoms with van der Waals surface area (Å²) in [6.07, 6.45) is 7.75. The molecule has 136 valence electrons. The van der Waals surface area contributed by atoms with E-state index in [4.69, 9.17) is 4.74 Å². The van der Waals surface area contributed by atoms with Crippen LogP contribution in [-0.2, 0) is 9.53 Å². The molecule has 0 heterocycles. The Bertz CT molecular complexity index is 333. The van der Waals surface area contributed by atoms with E-state index in [2.05, 4.69) is 27.4 Å². The molecule has 0 bridgehead atoms. The zero-order chi connectivity index (χ0) is 17.9. The molecular weight excluding hydrogens is 391 g/mol. The standard InChI is InChI=1S/C8H13O2.3C4H9.Sn/c1-6(2)7(9)10-8(3,4)5;3*1-3-4-2;/h1-2H2,3-5H3;3*1,3-4H2,2H3;. The van der Waals surface area contributed by atoms with Crippen LogP contribution in [-0.4, -0.2) is 29.9 Å². The number of hydrogen-bond donors (Lipinski definition) is 0. The maximum absolute atomic E-state index is 12.4. The van der Waals surface area contributed by atoms with Crippen molar-refractivity contribution < 1.29 is 9.53 Å². The molecule has 0 N–H and O–H groups in total. The summed E-state index contributed by atoms with van der Waals surface area (Å²) in [5.41, 5.74) is 0.327. The Hall–Kier alpha value is 0.00870. The quantitative estimate of drug-likeness (QED) is 0.195. The van der Waals surface area contributed by atoms with Crippen LogP contribution in [0.4, 0.5) is 0 Å². The first kappa shape index (κ1) is 23.0. The third-order valence-corrected chi connectivity index (χ3v) is 19.9. The Balaban J connectivity index is 5.06. The second-order valence-electron chi connectivity index (χ2n) is 8.09. The zero-order valence-electron chi connectivity index (χ0n) is 16.6. The van der Waals surface area contributed by atoms with Crippen molar-refractivity contribution in [1.82, 2.24) is 0 Å². The Morgan fingerprint density at radius 2 is 1.30 bits per heavy atom. The fraction of sp³-hybridized carbons (Fsp3) is 0.850. The number of ether oxygens (including phenoxy) is 1. The monoisotopic (exact) mass is 432 g/mol. The van der Waals surface area contributed by atoms with Crippen LogP contribution in [0.3, 0.4) is 0 Å². The summed E-state index contributed by atoms with van der Waals surface area (Å²) in [6.45, 7) is 16.7. The van der Waals surface area contributed by atoms with E-state index in [9.17, 15) is 4.79 Å². The number of carbonyl (C=O) groups is 1. The van der Waals surface area contributed by atoms with Gasteiger partial charge in [-0.15, -0.1) is 0 Å². The van der Waals surface area contributed by atoms with Gasteiger partial charge in [0.05, 0.1) is 0 Å². The molecule has 0 aromatic carbocycles. The van der Waals surface area contributed by atoms with Gasteiger partial charge in [0.2, 0.25) is 0 Å². The van der Waals surface area contributed by atoms with E-state index in [1.54, 1.807) is 0 Å². The van der Waals surface area contributed by atoms with Crippen LogP contribution in [0.15, 0.2) is 12.2 Å². The van der Waals surface area contributed by atoms with Crippen molar-refractivity contribution in [3.8, 4) is 0 Å². The third kappa shape index (κ3) is 10.5. The molecule has 0 amide bonds. The summed E-state index contributed by atoms with van der Waals surface area (Å²) >= 11 is -2.33. The molecule has 0 rings (SSSR count). The molecular formula is C20H40O2Sn. The summed E-state index contributed by atoms with van der Waals surface area (Å²) in [4.78, 5) is 12.4. The van der Waals surface area contributed by atoms with Gasteiger partial charge in [0, 0.05) is 0 Å². The fourth-order valence-electron chi connectivity index (χ4n) is 3.17. The van der Waals surface area contributed by atoms with Gasteiger partial charge in [-0.2, -0.15) is 0 Å². The van der Waals surface area contributed by atoms with Gasteiger partial charge < -0.3 is 0 Å². The van der Waals surface area contributed by atoms with Gasteiger partial charge in [-0.05, 0) is 0 Å². The van der Waals surface area contributed by atoms with Crippen molar-refractivity contribution >= 4 is 24.3 Å². The van der Waals surface area contributed by atoms with Crippen molar-refractivity contribution in [2.75, 3.05) is 0 Å². The molecule has 0 aromatic rings. The molecule has 23 heavy (non-hydrogen) atoms. The van der Waals surface area contributed by atoms with Crippen molar-refractivity contribution in [2.45, 2.75) is 103 Å². The molecule has 0 aromatic heterocycles. The minimum absolute atomic E-state index is 0.164. The summed E-state index contributed by atoms with van der Waals surface area (Å²) in [7, 11) is 0. The van der Waals surface area contributed by atoms with Crippen LogP contribution >= 0.6 is 0 Å². The Kier molecular flexibility index (Phi) is 11.5. The van der Waals surface area contributed by atoms with Gasteiger partial charge in [-0.1, -0.05) is 0 Å². The van der Waals surface area contributed by atoms with Crippen LogP contribution in [0.25, 0.3) is 0 Å². The van der Waals surface area contributed by atoms with Crippen LogP contribution in [0.2, 0.25) is 17.7 Å². The number of hydrogen-bond acceptors (Lipinski definition) is 2. The van der Waals surface area contributed by atoms with Crippen molar-refractivity contribution in [3.63, 3.8) is 0 Å². The molecule has 2 nitrogen and oxygen atoms in total. The number of unbranched alkanes of at least 4 members (excludes halogenated alkanes) is 3. The first-order valence-corrected chi connectivity index (χ1v) is 17.7. The van der Waals surface area contributed by atoms with Crippen molar-refractivity contribution in [3.05, 3.63) is 12.2 Å². The van der Waals surface area contributed by atoms with Gasteiger partial charge in [0.25, 0.3) is 0 Å². The van der Waals surface area contributed by atoms with Gasteiger partial charge in [0.1, 0.15) is 0 Å². The second-order valence-corrected chi connectivity index (χ2v) is 21.9. The van der Waals surface area contributed by atoms with Gasteiger partial charge in [-0.3, -0.25) is 0 Å². The second kappa shape index (κ2) is 11.5. The van der Waals surface area contributed by atoms with E-state index < -0.39 is 24.0 Å². The van der Waals surface area contributed by atoms with E-state index in [0.29, 0.717) is 0 Å². The number of rotatable bonds is 12. The van der Waals surface area contributed by atoms with Gasteiger partial charge in [0.15, 0.2) is 0 Å². The Morgan fingerprint density at radius 1 is 0.913 bits per heavy atom. The molecule has 0 saturated heterocycles. The average Bonchev–Trinajstić information content (AvgIpc) is 2.46. The molecule has 0 aliphatic heterocycles. The van der Waals surface area contributed by atoms with E-state index in [1.165, 1.54) is 51.8 Å². The minimum atomic E-state index is -2.33. The topological polar surface area (TPSA) is 26.3 Å². The normalized spacial score (nSPS) is 12.3. The van der Waals surface area contributed by atoms with Gasteiger partial charge >= 0.3 is 149 Å². The predicted octanol–water partition coefficient (Wildman–Crippen LogP) is 6.73. The molecule has 0 unspecified atom stereocenters. The van der Waals surface area contributed by atoms with Crippen molar-refractivity contribution in [2.24, 2.45) is 0 Å². The predicted molar refractivity (Wildman–Crippen MR) is 105 cm³/mol. The van der Waals surface area contributed by atoms with Crippen molar-refractivity contribution in [1.29, 1.82) is 0 Å². The molecule has 0 spiro atoms. The van der Waals surface area contributed by atoms with Gasteiger partial charge in [-0.25, -0.2) is 0 Å². The SMILES string of the molecule is C=C([CH2][Sn]([CH2]CCC)([CH2]CCC)[CH2]CCC)C(=O)OC(C)(C)C. The molecule has 0 radical (unpaired) electrons. The van der Waals surface area contributed by atoms with Crippen LogP contribution in [0.5, 0.6) is 0 Å². The van der Waals surface area contributed by atoms with Crippen LogP contribution in [0, 0.1) is 0 Å². The summed E-state index contributed by atoms with van der Waals surface area (Å²) in [6, 6.07) is 0. The molecule has 0 fully saturated rings. The van der Waals surface area contributed by atoms with E-state index in [-0.39, 0.29) is 5.97 Å². The number of esters is 1. The molecule has 0 atom stereocenters. The average molecular weight is 431 g/mol. The summed E-state index contributed by atoms with van der Waals surface area (Å²) in [5.74, 6) is -0.164. The molecule has 0 saturated carbocycles. The van der Waals surface area contributed by atoms with E-state index in [0.717, 1.165) is 10.0 Å². The zero-order valence-corrected chi connectivity index (χ0v) is 19.4. The molecule has 3 heteroatoms. The van der Waals surface area contributed by atoms with Crippen LogP contribution < -0.4 is 0 Å². The molecule has 0 aliphatic carbocycles. The first-order valence-electron chi connectivity index (χ1n) is 9.61. The maximum atomic E-state index is 12.4. The van der Waals surface area contributed by atoms with Crippen LogP contribution in [0.1, 0.15) is 80.1 Å². The summed E-state index contributed by atoms with van der Waals surface area (Å²) < 4.78 is 10.8. The third-order valence-electron chi connectivity index (χ3n) is 4.46. The summed E-state index contributed by atoms with van der Waals surface area (Å²) in [5, 5.41) is 0. The van der Waals surface area contributed by atoms with E-state index in [1.807, 2.05) is 20.8 Å². The fourth-order valence-corrected chi connectivity index (χ4v) is 19.3.